The van der Waals surface area contributed by atoms with E-state index in [4.69, 9.17) is 14.2 Å². The highest BCUT2D eigenvalue weighted by molar-refractivity contribution is 7.92. The Morgan fingerprint density at radius 2 is 1.61 bits per heavy atom. The summed E-state index contributed by atoms with van der Waals surface area (Å²) in [7, 11) is -0.0609. The highest BCUT2D eigenvalue weighted by Crippen LogP contribution is 2.32. The first-order valence-electron chi connectivity index (χ1n) is 14.3. The van der Waals surface area contributed by atoms with Gasteiger partial charge in [0.05, 0.1) is 31.9 Å². The van der Waals surface area contributed by atoms with Crippen LogP contribution in [0, 0.1) is 5.82 Å². The molecule has 0 heterocycles. The molecular formula is C32H38FN3O7S. The monoisotopic (exact) mass is 627 g/mol. The van der Waals surface area contributed by atoms with Crippen LogP contribution < -0.4 is 23.8 Å². The average molecular weight is 628 g/mol. The summed E-state index contributed by atoms with van der Waals surface area (Å²) in [5.74, 6) is -0.458. The normalized spacial score (nSPS) is 14.0. The molecule has 236 valence electrons. The Kier molecular flexibility index (Phi) is 10.7. The summed E-state index contributed by atoms with van der Waals surface area (Å²) in [6.45, 7) is 0.976. The van der Waals surface area contributed by atoms with Crippen LogP contribution in [0.5, 0.6) is 17.2 Å². The molecule has 10 nitrogen and oxygen atoms in total. The van der Waals surface area contributed by atoms with Crippen LogP contribution in [0.3, 0.4) is 0 Å². The number of nitrogens with one attached hydrogen (secondary N) is 1. The molecular weight excluding hydrogens is 589 g/mol. The van der Waals surface area contributed by atoms with Crippen LogP contribution in [0.15, 0.2) is 71.6 Å². The molecule has 0 unspecified atom stereocenters. The van der Waals surface area contributed by atoms with E-state index < -0.39 is 34.3 Å². The van der Waals surface area contributed by atoms with Gasteiger partial charge >= 0.3 is 0 Å². The van der Waals surface area contributed by atoms with E-state index in [0.29, 0.717) is 17.1 Å². The second-order valence-electron chi connectivity index (χ2n) is 10.5. The maximum atomic E-state index is 14.1. The lowest BCUT2D eigenvalue weighted by molar-refractivity contribution is -0.139. The summed E-state index contributed by atoms with van der Waals surface area (Å²) in [6.07, 6.45) is 3.77. The third-order valence-electron chi connectivity index (χ3n) is 7.69. The highest BCUT2D eigenvalue weighted by Gasteiger charge is 2.34. The lowest BCUT2D eigenvalue weighted by Crippen LogP contribution is -2.52. The van der Waals surface area contributed by atoms with Gasteiger partial charge in [-0.15, -0.1) is 0 Å². The number of hydrogen-bond donors (Lipinski definition) is 1. The first kappa shape index (κ1) is 32.6. The molecule has 1 aliphatic carbocycles. The van der Waals surface area contributed by atoms with E-state index in [1.54, 1.807) is 31.2 Å². The third-order valence-corrected chi connectivity index (χ3v) is 9.46. The minimum absolute atomic E-state index is 0.0168. The SMILES string of the molecule is COc1cccc(CN(C(=O)CN(c2ccc(F)cc2)S(=O)(=O)c2ccc(OC)c(OC)c2)[C@H](C)C(=O)NC2CCCC2)c1. The van der Waals surface area contributed by atoms with Crippen LogP contribution in [-0.4, -0.2) is 65.1 Å². The van der Waals surface area contributed by atoms with Gasteiger partial charge in [-0.1, -0.05) is 25.0 Å². The van der Waals surface area contributed by atoms with Gasteiger partial charge in [-0.3, -0.25) is 13.9 Å². The molecule has 0 saturated heterocycles. The van der Waals surface area contributed by atoms with E-state index in [0.717, 1.165) is 42.1 Å². The number of carbonyl (C=O) groups excluding carboxylic acids is 2. The molecule has 1 atom stereocenters. The first-order valence-corrected chi connectivity index (χ1v) is 15.7. The fourth-order valence-corrected chi connectivity index (χ4v) is 6.61. The third kappa shape index (κ3) is 7.60. The summed E-state index contributed by atoms with van der Waals surface area (Å²) in [5, 5.41) is 3.04. The smallest absolute Gasteiger partial charge is 0.264 e. The number of amides is 2. The number of hydrogen-bond acceptors (Lipinski definition) is 7. The number of methoxy groups -OCH3 is 3. The summed E-state index contributed by atoms with van der Waals surface area (Å²) < 4.78 is 58.8. The molecule has 0 radical (unpaired) electrons. The maximum Gasteiger partial charge on any atom is 0.264 e. The van der Waals surface area contributed by atoms with E-state index in [9.17, 15) is 22.4 Å². The predicted molar refractivity (Wildman–Crippen MR) is 164 cm³/mol. The van der Waals surface area contributed by atoms with E-state index in [2.05, 4.69) is 5.32 Å². The zero-order valence-corrected chi connectivity index (χ0v) is 26.1. The minimum atomic E-state index is -4.39. The molecule has 1 saturated carbocycles. The van der Waals surface area contributed by atoms with Crippen molar-refractivity contribution in [2.75, 3.05) is 32.2 Å². The van der Waals surface area contributed by atoms with Crippen molar-refractivity contribution in [1.29, 1.82) is 0 Å². The lowest BCUT2D eigenvalue weighted by atomic mass is 10.1. The van der Waals surface area contributed by atoms with Crippen LogP contribution in [0.25, 0.3) is 0 Å². The molecule has 0 aliphatic heterocycles. The van der Waals surface area contributed by atoms with Gasteiger partial charge in [0.25, 0.3) is 10.0 Å². The number of halogens is 1. The van der Waals surface area contributed by atoms with Gasteiger partial charge in [-0.25, -0.2) is 12.8 Å². The van der Waals surface area contributed by atoms with Crippen molar-refractivity contribution >= 4 is 27.5 Å². The number of rotatable bonds is 13. The van der Waals surface area contributed by atoms with Gasteiger partial charge in [-0.2, -0.15) is 0 Å². The van der Waals surface area contributed by atoms with Crippen molar-refractivity contribution in [3.05, 3.63) is 78.1 Å². The Bertz CT molecular complexity index is 1560. The molecule has 1 aliphatic rings. The van der Waals surface area contributed by atoms with Gasteiger partial charge < -0.3 is 24.4 Å². The summed E-state index contributed by atoms with van der Waals surface area (Å²) >= 11 is 0. The maximum absolute atomic E-state index is 14.1. The van der Waals surface area contributed by atoms with Crippen molar-refractivity contribution in [2.45, 2.75) is 56.1 Å². The number of sulfonamides is 1. The molecule has 44 heavy (non-hydrogen) atoms. The van der Waals surface area contributed by atoms with Crippen LogP contribution in [0.4, 0.5) is 10.1 Å². The number of ether oxygens (including phenoxy) is 3. The van der Waals surface area contributed by atoms with Crippen molar-refractivity contribution in [3.8, 4) is 17.2 Å². The average Bonchev–Trinajstić information content (AvgIpc) is 3.55. The molecule has 1 fully saturated rings. The number of anilines is 1. The standard InChI is InChI=1S/C32H38FN3O7S/c1-22(32(38)34-25-9-5-6-10-25)35(20-23-8-7-11-27(18-23)41-2)31(37)21-36(26-14-12-24(33)13-15-26)44(39,40)28-16-17-29(42-3)30(19-28)43-4/h7-8,11-19,22,25H,5-6,9-10,20-21H2,1-4H3,(H,34,38)/t22-/m1/s1. The Morgan fingerprint density at radius 3 is 2.25 bits per heavy atom. The summed E-state index contributed by atoms with van der Waals surface area (Å²) in [6, 6.07) is 15.0. The second kappa shape index (κ2) is 14.4. The van der Waals surface area contributed by atoms with Gasteiger partial charge in [0, 0.05) is 18.7 Å². The van der Waals surface area contributed by atoms with Gasteiger partial charge in [0.2, 0.25) is 11.8 Å². The zero-order valence-electron chi connectivity index (χ0n) is 25.3. The molecule has 4 rings (SSSR count). The Labute approximate surface area is 257 Å². The molecule has 2 amide bonds. The Balaban J connectivity index is 1.72. The summed E-state index contributed by atoms with van der Waals surface area (Å²) in [4.78, 5) is 28.7. The van der Waals surface area contributed by atoms with Crippen molar-refractivity contribution in [3.63, 3.8) is 0 Å². The lowest BCUT2D eigenvalue weighted by Gasteiger charge is -2.32. The Morgan fingerprint density at radius 1 is 0.932 bits per heavy atom. The van der Waals surface area contributed by atoms with Crippen LogP contribution in [-0.2, 0) is 26.2 Å². The Hall–Kier alpha value is -4.32. The molecule has 0 aromatic heterocycles. The van der Waals surface area contributed by atoms with Crippen LogP contribution >= 0.6 is 0 Å². The zero-order chi connectivity index (χ0) is 31.9. The molecule has 0 bridgehead atoms. The van der Waals surface area contributed by atoms with Gasteiger partial charge in [-0.05, 0) is 73.9 Å². The molecule has 1 N–H and O–H groups in total. The van der Waals surface area contributed by atoms with Crippen LogP contribution in [0.1, 0.15) is 38.2 Å². The van der Waals surface area contributed by atoms with Crippen molar-refractivity contribution in [1.82, 2.24) is 10.2 Å². The van der Waals surface area contributed by atoms with E-state index in [1.807, 2.05) is 0 Å². The number of carbonyl (C=O) groups is 2. The van der Waals surface area contributed by atoms with E-state index in [1.165, 1.54) is 56.6 Å². The molecule has 3 aromatic rings. The second-order valence-corrected chi connectivity index (χ2v) is 12.4. The quantitative estimate of drug-likeness (QED) is 0.296. The first-order chi connectivity index (χ1) is 21.1. The largest absolute Gasteiger partial charge is 0.497 e. The minimum Gasteiger partial charge on any atom is -0.497 e. The topological polar surface area (TPSA) is 114 Å². The van der Waals surface area contributed by atoms with Crippen molar-refractivity contribution in [2.24, 2.45) is 0 Å². The molecule has 3 aromatic carbocycles. The van der Waals surface area contributed by atoms with Gasteiger partial charge in [0.1, 0.15) is 24.2 Å². The molecule has 0 spiro atoms. The fraction of sp³-hybridized carbons (Fsp3) is 0.375. The number of benzene rings is 3. The van der Waals surface area contributed by atoms with Crippen LogP contribution in [0.2, 0.25) is 0 Å². The van der Waals surface area contributed by atoms with E-state index >= 15 is 0 Å². The predicted octanol–water partition coefficient (Wildman–Crippen LogP) is 4.52. The van der Waals surface area contributed by atoms with E-state index in [-0.39, 0.29) is 34.8 Å². The highest BCUT2D eigenvalue weighted by atomic mass is 32.2. The fourth-order valence-electron chi connectivity index (χ4n) is 5.18. The van der Waals surface area contributed by atoms with Gasteiger partial charge in [0.15, 0.2) is 11.5 Å². The summed E-state index contributed by atoms with van der Waals surface area (Å²) in [5.41, 5.74) is 0.758. The van der Waals surface area contributed by atoms with Crippen molar-refractivity contribution < 1.29 is 36.6 Å². The molecule has 12 heteroatoms. The number of nitrogens with zero attached hydrogens (tertiary/aromatic N) is 2.